The zero-order chi connectivity index (χ0) is 15.3. The van der Waals surface area contributed by atoms with Gasteiger partial charge in [0.1, 0.15) is 12.4 Å². The molecular weight excluding hydrogens is 258 g/mol. The number of benzene rings is 1. The third kappa shape index (κ3) is 8.77. The highest BCUT2D eigenvalue weighted by atomic mass is 16.5. The highest BCUT2D eigenvalue weighted by Gasteiger charge is 2.02. The Labute approximate surface area is 131 Å². The molecule has 0 heterocycles. The molecule has 0 aliphatic heterocycles. The van der Waals surface area contributed by atoms with Gasteiger partial charge in [0, 0.05) is 6.04 Å². The molecular formula is C19H33NO. The molecule has 1 unspecified atom stereocenters. The van der Waals surface area contributed by atoms with E-state index in [1.165, 1.54) is 50.5 Å². The van der Waals surface area contributed by atoms with Crippen LogP contribution in [0.4, 0.5) is 0 Å². The summed E-state index contributed by atoms with van der Waals surface area (Å²) in [7, 11) is 0. The summed E-state index contributed by atoms with van der Waals surface area (Å²) < 4.78 is 5.75. The zero-order valence-corrected chi connectivity index (χ0v) is 13.9. The highest BCUT2D eigenvalue weighted by molar-refractivity contribution is 5.28. The van der Waals surface area contributed by atoms with E-state index >= 15 is 0 Å². The van der Waals surface area contributed by atoms with Gasteiger partial charge >= 0.3 is 0 Å². The lowest BCUT2D eigenvalue weighted by Gasteiger charge is -2.12. The number of hydrogen-bond acceptors (Lipinski definition) is 2. The monoisotopic (exact) mass is 291 g/mol. The molecule has 0 radical (unpaired) electrons. The van der Waals surface area contributed by atoms with Crippen LogP contribution in [0, 0.1) is 0 Å². The highest BCUT2D eigenvalue weighted by Crippen LogP contribution is 2.16. The van der Waals surface area contributed by atoms with Crippen LogP contribution >= 0.6 is 0 Å². The Bertz CT molecular complexity index is 364. The number of unbranched alkanes of at least 4 members (excludes halogenated alkanes) is 6. The Balaban J connectivity index is 2.20. The number of rotatable bonds is 12. The molecule has 1 rings (SSSR count). The van der Waals surface area contributed by atoms with Crippen molar-refractivity contribution in [2.45, 2.75) is 77.7 Å². The van der Waals surface area contributed by atoms with Gasteiger partial charge in [-0.15, -0.1) is 0 Å². The van der Waals surface area contributed by atoms with Gasteiger partial charge in [0.15, 0.2) is 0 Å². The fraction of sp³-hybridized carbons (Fsp3) is 0.684. The minimum atomic E-state index is 0.136. The van der Waals surface area contributed by atoms with E-state index in [0.717, 1.165) is 18.6 Å². The summed E-state index contributed by atoms with van der Waals surface area (Å²) in [5.74, 6) is 0.958. The molecule has 2 nitrogen and oxygen atoms in total. The SMILES string of the molecule is CCCCCCCCCc1cccc(OCC(N)CC)c1. The van der Waals surface area contributed by atoms with Crippen molar-refractivity contribution in [3.05, 3.63) is 29.8 Å². The Kier molecular flexibility index (Phi) is 9.98. The maximum Gasteiger partial charge on any atom is 0.119 e. The van der Waals surface area contributed by atoms with Crippen LogP contribution in [0.2, 0.25) is 0 Å². The van der Waals surface area contributed by atoms with Crippen LogP contribution < -0.4 is 10.5 Å². The van der Waals surface area contributed by atoms with Gasteiger partial charge in [-0.25, -0.2) is 0 Å². The molecule has 0 fully saturated rings. The molecule has 0 aromatic heterocycles. The molecule has 0 bridgehead atoms. The third-order valence-electron chi connectivity index (χ3n) is 3.96. The lowest BCUT2D eigenvalue weighted by Crippen LogP contribution is -2.26. The van der Waals surface area contributed by atoms with Gasteiger partial charge in [-0.3, -0.25) is 0 Å². The molecule has 0 spiro atoms. The van der Waals surface area contributed by atoms with E-state index in [1.54, 1.807) is 0 Å². The molecule has 0 aliphatic carbocycles. The largest absolute Gasteiger partial charge is 0.492 e. The topological polar surface area (TPSA) is 35.2 Å². The van der Waals surface area contributed by atoms with Crippen molar-refractivity contribution in [3.63, 3.8) is 0 Å². The first kappa shape index (κ1) is 18.0. The van der Waals surface area contributed by atoms with Crippen LogP contribution in [0.5, 0.6) is 5.75 Å². The Morgan fingerprint density at radius 2 is 1.71 bits per heavy atom. The van der Waals surface area contributed by atoms with Crippen LogP contribution in [0.1, 0.15) is 70.8 Å². The first-order chi connectivity index (χ1) is 10.3. The van der Waals surface area contributed by atoms with Crippen LogP contribution in [-0.2, 0) is 6.42 Å². The lowest BCUT2D eigenvalue weighted by atomic mass is 10.0. The van der Waals surface area contributed by atoms with Crippen molar-refractivity contribution in [2.24, 2.45) is 5.73 Å². The summed E-state index contributed by atoms with van der Waals surface area (Å²) in [5.41, 5.74) is 7.26. The first-order valence-electron chi connectivity index (χ1n) is 8.73. The standard InChI is InChI=1S/C19H33NO/c1-3-5-6-7-8-9-10-12-17-13-11-14-19(15-17)21-16-18(20)4-2/h11,13-15,18H,3-10,12,16,20H2,1-2H3. The van der Waals surface area contributed by atoms with Gasteiger partial charge in [-0.2, -0.15) is 0 Å². The van der Waals surface area contributed by atoms with Crippen molar-refractivity contribution in [3.8, 4) is 5.75 Å². The maximum absolute atomic E-state index is 5.88. The van der Waals surface area contributed by atoms with E-state index in [9.17, 15) is 0 Å². The number of aryl methyl sites for hydroxylation is 1. The van der Waals surface area contributed by atoms with E-state index in [-0.39, 0.29) is 6.04 Å². The number of nitrogens with two attached hydrogens (primary N) is 1. The predicted molar refractivity (Wildman–Crippen MR) is 91.9 cm³/mol. The summed E-state index contributed by atoms with van der Waals surface area (Å²) in [4.78, 5) is 0. The second-order valence-corrected chi connectivity index (χ2v) is 6.00. The average molecular weight is 291 g/mol. The van der Waals surface area contributed by atoms with Crippen molar-refractivity contribution >= 4 is 0 Å². The molecule has 0 saturated heterocycles. The summed E-state index contributed by atoms with van der Waals surface area (Å²) in [6.45, 7) is 4.96. The van der Waals surface area contributed by atoms with Crippen molar-refractivity contribution in [1.29, 1.82) is 0 Å². The van der Waals surface area contributed by atoms with Gasteiger partial charge in [0.25, 0.3) is 0 Å². The van der Waals surface area contributed by atoms with Crippen molar-refractivity contribution < 1.29 is 4.74 Å². The first-order valence-corrected chi connectivity index (χ1v) is 8.73. The smallest absolute Gasteiger partial charge is 0.119 e. The van der Waals surface area contributed by atoms with Gasteiger partial charge < -0.3 is 10.5 Å². The predicted octanol–water partition coefficient (Wildman–Crippen LogP) is 5.10. The maximum atomic E-state index is 5.88. The Morgan fingerprint density at radius 3 is 2.43 bits per heavy atom. The molecule has 1 aromatic rings. The Morgan fingerprint density at radius 1 is 1.00 bits per heavy atom. The quantitative estimate of drug-likeness (QED) is 0.544. The van der Waals surface area contributed by atoms with E-state index in [1.807, 2.05) is 6.07 Å². The molecule has 21 heavy (non-hydrogen) atoms. The molecule has 0 saturated carbocycles. The third-order valence-corrected chi connectivity index (χ3v) is 3.96. The molecule has 2 N–H and O–H groups in total. The van der Waals surface area contributed by atoms with Crippen LogP contribution in [0.15, 0.2) is 24.3 Å². The fourth-order valence-electron chi connectivity index (χ4n) is 2.40. The zero-order valence-electron chi connectivity index (χ0n) is 13.9. The Hall–Kier alpha value is -1.02. The van der Waals surface area contributed by atoms with Gasteiger partial charge in [-0.1, -0.05) is 64.5 Å². The normalized spacial score (nSPS) is 12.3. The lowest BCUT2D eigenvalue weighted by molar-refractivity contribution is 0.285. The van der Waals surface area contributed by atoms with E-state index in [0.29, 0.717) is 6.61 Å². The van der Waals surface area contributed by atoms with Gasteiger partial charge in [0.05, 0.1) is 0 Å². The van der Waals surface area contributed by atoms with Crippen molar-refractivity contribution in [1.82, 2.24) is 0 Å². The summed E-state index contributed by atoms with van der Waals surface area (Å²) in [6.07, 6.45) is 11.6. The number of ether oxygens (including phenoxy) is 1. The minimum absolute atomic E-state index is 0.136. The van der Waals surface area contributed by atoms with E-state index < -0.39 is 0 Å². The van der Waals surface area contributed by atoms with Crippen LogP contribution in [0.25, 0.3) is 0 Å². The van der Waals surface area contributed by atoms with Crippen LogP contribution in [-0.4, -0.2) is 12.6 Å². The molecule has 2 heteroatoms. The molecule has 0 aliphatic rings. The summed E-state index contributed by atoms with van der Waals surface area (Å²) in [6, 6.07) is 8.61. The summed E-state index contributed by atoms with van der Waals surface area (Å²) in [5, 5.41) is 0. The van der Waals surface area contributed by atoms with E-state index in [4.69, 9.17) is 10.5 Å². The van der Waals surface area contributed by atoms with E-state index in [2.05, 4.69) is 32.0 Å². The summed E-state index contributed by atoms with van der Waals surface area (Å²) >= 11 is 0. The minimum Gasteiger partial charge on any atom is -0.492 e. The molecule has 0 amide bonds. The second kappa shape index (κ2) is 11.6. The fourth-order valence-corrected chi connectivity index (χ4v) is 2.40. The number of hydrogen-bond donors (Lipinski definition) is 1. The second-order valence-electron chi connectivity index (χ2n) is 6.00. The molecule has 120 valence electrons. The van der Waals surface area contributed by atoms with Crippen LogP contribution in [0.3, 0.4) is 0 Å². The average Bonchev–Trinajstić information content (AvgIpc) is 2.52. The molecule has 1 atom stereocenters. The molecule has 1 aromatic carbocycles. The van der Waals surface area contributed by atoms with Gasteiger partial charge in [0.2, 0.25) is 0 Å². The van der Waals surface area contributed by atoms with Gasteiger partial charge in [-0.05, 0) is 37.0 Å². The van der Waals surface area contributed by atoms with Crippen molar-refractivity contribution in [2.75, 3.05) is 6.61 Å².